The van der Waals surface area contributed by atoms with Gasteiger partial charge in [-0.15, -0.1) is 0 Å². The monoisotopic (exact) mass is 327 g/mol. The zero-order valence-electron chi connectivity index (χ0n) is 11.2. The van der Waals surface area contributed by atoms with E-state index in [9.17, 15) is 8.42 Å². The third-order valence-corrected chi connectivity index (χ3v) is 4.49. The highest BCUT2D eigenvalue weighted by molar-refractivity contribution is 7.89. The molecule has 1 heterocycles. The van der Waals surface area contributed by atoms with Crippen molar-refractivity contribution in [3.8, 4) is 5.88 Å². The largest absolute Gasteiger partial charge is 0.481 e. The average Bonchev–Trinajstić information content (AvgIpc) is 2.48. The van der Waals surface area contributed by atoms with Crippen LogP contribution < -0.4 is 15.2 Å². The van der Waals surface area contributed by atoms with Gasteiger partial charge in [-0.05, 0) is 23.8 Å². The maximum atomic E-state index is 12.1. The second-order valence-electron chi connectivity index (χ2n) is 4.22. The molecule has 0 aliphatic heterocycles. The number of aromatic nitrogens is 1. The number of rotatable bonds is 5. The van der Waals surface area contributed by atoms with Gasteiger partial charge in [-0.2, -0.15) is 0 Å². The molecule has 0 aliphatic rings. The van der Waals surface area contributed by atoms with E-state index in [1.165, 1.54) is 31.5 Å². The summed E-state index contributed by atoms with van der Waals surface area (Å²) in [5, 5.41) is 0.313. The highest BCUT2D eigenvalue weighted by Gasteiger charge is 2.15. The average molecular weight is 328 g/mol. The van der Waals surface area contributed by atoms with Crippen LogP contribution in [-0.4, -0.2) is 20.5 Å². The van der Waals surface area contributed by atoms with Crippen molar-refractivity contribution in [2.45, 2.75) is 11.4 Å². The summed E-state index contributed by atoms with van der Waals surface area (Å²) in [6.45, 7) is 0.113. The number of ether oxygens (including phenoxy) is 1. The summed E-state index contributed by atoms with van der Waals surface area (Å²) in [6, 6.07) is 7.54. The first-order valence-electron chi connectivity index (χ1n) is 5.96. The molecular weight excluding hydrogens is 314 g/mol. The minimum atomic E-state index is -3.66. The quantitative estimate of drug-likeness (QED) is 0.817. The fraction of sp³-hybridized carbons (Fsp3) is 0.154. The zero-order valence-corrected chi connectivity index (χ0v) is 12.8. The lowest BCUT2D eigenvalue weighted by molar-refractivity contribution is 0.397. The smallest absolute Gasteiger partial charge is 0.240 e. The van der Waals surface area contributed by atoms with Crippen molar-refractivity contribution in [1.29, 1.82) is 0 Å². The van der Waals surface area contributed by atoms with Crippen molar-refractivity contribution in [3.05, 3.63) is 47.1 Å². The molecule has 112 valence electrons. The number of hydrogen-bond donors (Lipinski definition) is 2. The van der Waals surface area contributed by atoms with Gasteiger partial charge in [-0.25, -0.2) is 18.1 Å². The molecule has 2 rings (SSSR count). The van der Waals surface area contributed by atoms with Gasteiger partial charge in [-0.1, -0.05) is 17.7 Å². The van der Waals surface area contributed by atoms with E-state index in [-0.39, 0.29) is 17.1 Å². The Morgan fingerprint density at radius 2 is 2.10 bits per heavy atom. The van der Waals surface area contributed by atoms with E-state index in [1.807, 2.05) is 0 Å². The molecule has 0 aliphatic carbocycles. The van der Waals surface area contributed by atoms with Gasteiger partial charge in [0.15, 0.2) is 0 Å². The number of nitrogens with zero attached hydrogens (tertiary/aromatic N) is 1. The zero-order chi connectivity index (χ0) is 15.5. The van der Waals surface area contributed by atoms with Crippen LogP contribution in [0.1, 0.15) is 5.56 Å². The summed E-state index contributed by atoms with van der Waals surface area (Å²) in [6.07, 6.45) is 1.54. The number of hydrogen-bond acceptors (Lipinski definition) is 5. The minimum Gasteiger partial charge on any atom is -0.481 e. The third kappa shape index (κ3) is 3.84. The maximum absolute atomic E-state index is 12.1. The van der Waals surface area contributed by atoms with Crippen LogP contribution in [0.5, 0.6) is 5.88 Å². The van der Waals surface area contributed by atoms with E-state index in [1.54, 1.807) is 12.1 Å². The maximum Gasteiger partial charge on any atom is 0.240 e. The van der Waals surface area contributed by atoms with Crippen LogP contribution in [-0.2, 0) is 16.6 Å². The lowest BCUT2D eigenvalue weighted by atomic mass is 10.3. The van der Waals surface area contributed by atoms with E-state index in [0.717, 1.165) is 0 Å². The number of nitrogen functional groups attached to an aromatic ring is 1. The Balaban J connectivity index is 2.11. The van der Waals surface area contributed by atoms with Crippen molar-refractivity contribution in [1.82, 2.24) is 9.71 Å². The van der Waals surface area contributed by atoms with Gasteiger partial charge < -0.3 is 10.5 Å². The van der Waals surface area contributed by atoms with Crippen LogP contribution in [0.15, 0.2) is 41.4 Å². The Hall–Kier alpha value is -1.83. The first-order chi connectivity index (χ1) is 9.92. The van der Waals surface area contributed by atoms with Crippen molar-refractivity contribution in [2.75, 3.05) is 12.8 Å². The summed E-state index contributed by atoms with van der Waals surface area (Å²) < 4.78 is 31.7. The summed E-state index contributed by atoms with van der Waals surface area (Å²) in [5.74, 6) is 0.465. The molecule has 0 saturated carbocycles. The molecule has 1 aromatic heterocycles. The van der Waals surface area contributed by atoms with Gasteiger partial charge in [0.05, 0.1) is 22.7 Å². The van der Waals surface area contributed by atoms with Crippen LogP contribution in [0.4, 0.5) is 5.69 Å². The molecule has 0 bridgehead atoms. The molecule has 0 fully saturated rings. The number of halogens is 1. The number of benzene rings is 1. The van der Waals surface area contributed by atoms with Gasteiger partial charge in [-0.3, -0.25) is 0 Å². The van der Waals surface area contributed by atoms with Crippen molar-refractivity contribution in [3.63, 3.8) is 0 Å². The topological polar surface area (TPSA) is 94.3 Å². The van der Waals surface area contributed by atoms with Crippen LogP contribution in [0.2, 0.25) is 5.02 Å². The first-order valence-corrected chi connectivity index (χ1v) is 7.82. The third-order valence-electron chi connectivity index (χ3n) is 2.75. The molecule has 0 radical (unpaired) electrons. The lowest BCUT2D eigenvalue weighted by Crippen LogP contribution is -2.23. The normalized spacial score (nSPS) is 11.3. The molecule has 0 spiro atoms. The Morgan fingerprint density at radius 1 is 1.33 bits per heavy atom. The van der Waals surface area contributed by atoms with Gasteiger partial charge in [0, 0.05) is 18.8 Å². The molecule has 6 nitrogen and oxygen atoms in total. The lowest BCUT2D eigenvalue weighted by Gasteiger charge is -2.08. The molecule has 1 aromatic carbocycles. The predicted octanol–water partition coefficient (Wildman–Crippen LogP) is 1.80. The van der Waals surface area contributed by atoms with Crippen molar-refractivity contribution >= 4 is 27.3 Å². The summed E-state index contributed by atoms with van der Waals surface area (Å²) in [5.41, 5.74) is 6.53. The van der Waals surface area contributed by atoms with Gasteiger partial charge in [0.2, 0.25) is 15.9 Å². The van der Waals surface area contributed by atoms with Crippen molar-refractivity contribution in [2.24, 2.45) is 0 Å². The first kappa shape index (κ1) is 15.6. The summed E-state index contributed by atoms with van der Waals surface area (Å²) in [4.78, 5) is 4.06. The number of nitrogens with two attached hydrogens (primary N) is 1. The number of sulfonamides is 1. The number of nitrogens with one attached hydrogen (secondary N) is 1. The van der Waals surface area contributed by atoms with E-state index >= 15 is 0 Å². The Labute approximate surface area is 128 Å². The van der Waals surface area contributed by atoms with Crippen LogP contribution in [0.3, 0.4) is 0 Å². The van der Waals surface area contributed by atoms with Crippen molar-refractivity contribution < 1.29 is 13.2 Å². The SMILES string of the molecule is COc1ccc(CNS(=O)(=O)c2ccc(Cl)c(N)c2)cn1. The van der Waals surface area contributed by atoms with Gasteiger partial charge in [0.1, 0.15) is 0 Å². The van der Waals surface area contributed by atoms with E-state index in [0.29, 0.717) is 16.5 Å². The molecule has 0 saturated heterocycles. The van der Waals surface area contributed by atoms with E-state index < -0.39 is 10.0 Å². The highest BCUT2D eigenvalue weighted by atomic mass is 35.5. The molecule has 0 atom stereocenters. The fourth-order valence-corrected chi connectivity index (χ4v) is 2.76. The second kappa shape index (κ2) is 6.30. The molecule has 2 aromatic rings. The number of anilines is 1. The highest BCUT2D eigenvalue weighted by Crippen LogP contribution is 2.22. The molecule has 21 heavy (non-hydrogen) atoms. The molecule has 8 heteroatoms. The molecular formula is C13H14ClN3O3S. The standard InChI is InChI=1S/C13H14ClN3O3S/c1-20-13-5-2-9(7-16-13)8-17-21(18,19)10-3-4-11(14)12(15)6-10/h2-7,17H,8,15H2,1H3. The summed E-state index contributed by atoms with van der Waals surface area (Å²) >= 11 is 5.77. The van der Waals surface area contributed by atoms with E-state index in [2.05, 4.69) is 9.71 Å². The molecule has 0 amide bonds. The number of methoxy groups -OCH3 is 1. The second-order valence-corrected chi connectivity index (χ2v) is 6.39. The number of pyridine rings is 1. The Kier molecular flexibility index (Phi) is 4.66. The predicted molar refractivity (Wildman–Crippen MR) is 80.7 cm³/mol. The summed E-state index contributed by atoms with van der Waals surface area (Å²) in [7, 11) is -2.15. The Morgan fingerprint density at radius 3 is 2.67 bits per heavy atom. The Bertz CT molecular complexity index is 733. The van der Waals surface area contributed by atoms with E-state index in [4.69, 9.17) is 22.1 Å². The van der Waals surface area contributed by atoms with Gasteiger partial charge in [0.25, 0.3) is 0 Å². The molecule has 0 unspecified atom stereocenters. The van der Waals surface area contributed by atoms with Crippen LogP contribution >= 0.6 is 11.6 Å². The van der Waals surface area contributed by atoms with Gasteiger partial charge >= 0.3 is 0 Å². The molecule has 3 N–H and O–H groups in total. The van der Waals surface area contributed by atoms with Crippen LogP contribution in [0, 0.1) is 0 Å². The van der Waals surface area contributed by atoms with Crippen LogP contribution in [0.25, 0.3) is 0 Å². The minimum absolute atomic E-state index is 0.0610. The fourth-order valence-electron chi connectivity index (χ4n) is 1.59.